The molecule has 1 rings (SSSR count). The molecule has 0 aliphatic carbocycles. The second-order valence-electron chi connectivity index (χ2n) is 2.10. The van der Waals surface area contributed by atoms with E-state index in [1.807, 2.05) is 17.7 Å². The van der Waals surface area contributed by atoms with Crippen LogP contribution >= 0.6 is 0 Å². The third kappa shape index (κ3) is 1.83. The van der Waals surface area contributed by atoms with Gasteiger partial charge in [-0.25, -0.2) is 4.98 Å². The van der Waals surface area contributed by atoms with Gasteiger partial charge >= 0.3 is 0 Å². The number of nitrogens with zero attached hydrogens (tertiary/aromatic N) is 2. The Hall–Kier alpha value is -1.25. The van der Waals surface area contributed by atoms with Gasteiger partial charge in [0, 0.05) is 18.9 Å². The van der Waals surface area contributed by atoms with Gasteiger partial charge in [0.2, 0.25) is 0 Å². The minimum Gasteiger partial charge on any atom is -0.460 e. The molecule has 0 N–H and O–H groups in total. The van der Waals surface area contributed by atoms with E-state index >= 15 is 0 Å². The van der Waals surface area contributed by atoms with E-state index in [1.54, 1.807) is 12.3 Å². The Morgan fingerprint density at radius 2 is 2.64 bits per heavy atom. The van der Waals surface area contributed by atoms with E-state index in [-0.39, 0.29) is 0 Å². The maximum Gasteiger partial charge on any atom is 0.296 e. The monoisotopic (exact) mass is 152 g/mol. The molecular weight excluding hydrogens is 140 g/mol. The second kappa shape index (κ2) is 3.81. The zero-order valence-electron chi connectivity index (χ0n) is 6.66. The first-order chi connectivity index (χ1) is 5.38. The van der Waals surface area contributed by atoms with Crippen LogP contribution in [0.5, 0.6) is 6.01 Å². The summed E-state index contributed by atoms with van der Waals surface area (Å²) in [7, 11) is 0. The average molecular weight is 152 g/mol. The molecule has 0 spiro atoms. The Kier molecular flexibility index (Phi) is 2.72. The molecule has 11 heavy (non-hydrogen) atoms. The highest BCUT2D eigenvalue weighted by atomic mass is 16.5. The van der Waals surface area contributed by atoms with Crippen molar-refractivity contribution in [3.63, 3.8) is 0 Å². The van der Waals surface area contributed by atoms with E-state index in [9.17, 15) is 0 Å². The van der Waals surface area contributed by atoms with Crippen LogP contribution in [0, 0.1) is 0 Å². The van der Waals surface area contributed by atoms with E-state index in [2.05, 4.69) is 11.6 Å². The van der Waals surface area contributed by atoms with Gasteiger partial charge < -0.3 is 9.30 Å². The van der Waals surface area contributed by atoms with Gasteiger partial charge in [-0.05, 0) is 6.92 Å². The van der Waals surface area contributed by atoms with Gasteiger partial charge in [-0.3, -0.25) is 0 Å². The lowest BCUT2D eigenvalue weighted by molar-refractivity contribution is 0.317. The summed E-state index contributed by atoms with van der Waals surface area (Å²) in [5, 5.41) is 0. The van der Waals surface area contributed by atoms with Crippen LogP contribution in [-0.2, 0) is 6.54 Å². The van der Waals surface area contributed by atoms with Crippen molar-refractivity contribution in [1.82, 2.24) is 9.55 Å². The number of aromatic nitrogens is 2. The van der Waals surface area contributed by atoms with Crippen molar-refractivity contribution >= 4 is 0 Å². The fourth-order valence-corrected chi connectivity index (χ4v) is 0.810. The molecular formula is C8H12N2O. The third-order valence-corrected chi connectivity index (χ3v) is 1.35. The van der Waals surface area contributed by atoms with Crippen LogP contribution in [0.1, 0.15) is 6.92 Å². The van der Waals surface area contributed by atoms with E-state index in [0.29, 0.717) is 12.6 Å². The van der Waals surface area contributed by atoms with Gasteiger partial charge in [-0.1, -0.05) is 12.7 Å². The van der Waals surface area contributed by atoms with Crippen LogP contribution in [0.3, 0.4) is 0 Å². The SMILES string of the molecule is C=CCOc1nccn1CC. The molecule has 0 saturated heterocycles. The number of ether oxygens (including phenoxy) is 1. The summed E-state index contributed by atoms with van der Waals surface area (Å²) in [6.45, 7) is 6.99. The van der Waals surface area contributed by atoms with Gasteiger partial charge in [0.15, 0.2) is 0 Å². The molecule has 0 aliphatic rings. The highest BCUT2D eigenvalue weighted by molar-refractivity contribution is 4.98. The maximum absolute atomic E-state index is 5.25. The van der Waals surface area contributed by atoms with E-state index in [4.69, 9.17) is 4.74 Å². The standard InChI is InChI=1S/C8H12N2O/c1-3-7-11-8-9-5-6-10(8)4-2/h3,5-6H,1,4,7H2,2H3. The molecule has 0 saturated carbocycles. The largest absolute Gasteiger partial charge is 0.460 e. The summed E-state index contributed by atoms with van der Waals surface area (Å²) in [6, 6.07) is 0.660. The zero-order valence-corrected chi connectivity index (χ0v) is 6.66. The molecule has 1 heterocycles. The van der Waals surface area contributed by atoms with Gasteiger partial charge in [0.25, 0.3) is 6.01 Å². The summed E-state index contributed by atoms with van der Waals surface area (Å²) >= 11 is 0. The summed E-state index contributed by atoms with van der Waals surface area (Å²) in [4.78, 5) is 4.02. The van der Waals surface area contributed by atoms with Crippen LogP contribution in [-0.4, -0.2) is 16.2 Å². The van der Waals surface area contributed by atoms with Crippen molar-refractivity contribution in [2.45, 2.75) is 13.5 Å². The Bertz CT molecular complexity index is 230. The van der Waals surface area contributed by atoms with Crippen molar-refractivity contribution in [3.8, 4) is 6.01 Å². The molecule has 3 heteroatoms. The third-order valence-electron chi connectivity index (χ3n) is 1.35. The lowest BCUT2D eigenvalue weighted by Crippen LogP contribution is -2.01. The van der Waals surface area contributed by atoms with Crippen molar-refractivity contribution in [3.05, 3.63) is 25.0 Å². The summed E-state index contributed by atoms with van der Waals surface area (Å²) < 4.78 is 7.18. The Morgan fingerprint density at radius 3 is 3.27 bits per heavy atom. The number of hydrogen-bond acceptors (Lipinski definition) is 2. The van der Waals surface area contributed by atoms with Gasteiger partial charge in [-0.2, -0.15) is 0 Å². The second-order valence-corrected chi connectivity index (χ2v) is 2.10. The highest BCUT2D eigenvalue weighted by Crippen LogP contribution is 2.05. The van der Waals surface area contributed by atoms with Crippen LogP contribution in [0.25, 0.3) is 0 Å². The maximum atomic E-state index is 5.25. The summed E-state index contributed by atoms with van der Waals surface area (Å²) in [6.07, 6.45) is 5.31. The molecule has 0 bridgehead atoms. The van der Waals surface area contributed by atoms with Crippen LogP contribution in [0.15, 0.2) is 25.0 Å². The predicted molar refractivity (Wildman–Crippen MR) is 43.6 cm³/mol. The minimum atomic E-state index is 0.511. The molecule has 0 radical (unpaired) electrons. The fourth-order valence-electron chi connectivity index (χ4n) is 0.810. The first-order valence-corrected chi connectivity index (χ1v) is 3.63. The van der Waals surface area contributed by atoms with Crippen molar-refractivity contribution in [1.29, 1.82) is 0 Å². The molecule has 1 aromatic heterocycles. The lowest BCUT2D eigenvalue weighted by atomic mass is 10.7. The van der Waals surface area contributed by atoms with E-state index < -0.39 is 0 Å². The molecule has 3 nitrogen and oxygen atoms in total. The van der Waals surface area contributed by atoms with E-state index in [0.717, 1.165) is 6.54 Å². The molecule has 1 aromatic rings. The molecule has 60 valence electrons. The lowest BCUT2D eigenvalue weighted by Gasteiger charge is -2.03. The smallest absolute Gasteiger partial charge is 0.296 e. The highest BCUT2D eigenvalue weighted by Gasteiger charge is 1.98. The minimum absolute atomic E-state index is 0.511. The number of rotatable bonds is 4. The molecule has 0 unspecified atom stereocenters. The zero-order chi connectivity index (χ0) is 8.10. The Labute approximate surface area is 66.3 Å². The van der Waals surface area contributed by atoms with Crippen molar-refractivity contribution in [2.75, 3.05) is 6.61 Å². The van der Waals surface area contributed by atoms with Gasteiger partial charge in [-0.15, -0.1) is 0 Å². The topological polar surface area (TPSA) is 27.1 Å². The van der Waals surface area contributed by atoms with Gasteiger partial charge in [0.05, 0.1) is 0 Å². The van der Waals surface area contributed by atoms with E-state index in [1.165, 1.54) is 0 Å². The number of imidazole rings is 1. The summed E-state index contributed by atoms with van der Waals surface area (Å²) in [5.74, 6) is 0. The average Bonchev–Trinajstić information content (AvgIpc) is 2.47. The molecule has 0 aromatic carbocycles. The van der Waals surface area contributed by atoms with Crippen LogP contribution in [0.4, 0.5) is 0 Å². The molecule has 0 aliphatic heterocycles. The quantitative estimate of drug-likeness (QED) is 0.611. The number of aryl methyl sites for hydroxylation is 1. The Morgan fingerprint density at radius 1 is 1.82 bits per heavy atom. The van der Waals surface area contributed by atoms with Crippen LogP contribution in [0.2, 0.25) is 0 Å². The first kappa shape index (κ1) is 7.85. The molecule has 0 atom stereocenters. The van der Waals surface area contributed by atoms with Crippen molar-refractivity contribution in [2.24, 2.45) is 0 Å². The predicted octanol–water partition coefficient (Wildman–Crippen LogP) is 1.47. The summed E-state index contributed by atoms with van der Waals surface area (Å²) in [5.41, 5.74) is 0. The van der Waals surface area contributed by atoms with Crippen molar-refractivity contribution < 1.29 is 4.74 Å². The number of hydrogen-bond donors (Lipinski definition) is 0. The normalized spacial score (nSPS) is 9.55. The Balaban J connectivity index is 2.60. The van der Waals surface area contributed by atoms with Gasteiger partial charge in [0.1, 0.15) is 6.61 Å². The molecule has 0 amide bonds. The van der Waals surface area contributed by atoms with Crippen LogP contribution < -0.4 is 4.74 Å². The first-order valence-electron chi connectivity index (χ1n) is 3.63. The fraction of sp³-hybridized carbons (Fsp3) is 0.375. The molecule has 0 fully saturated rings.